The number of amides is 2. The van der Waals surface area contributed by atoms with E-state index in [1.54, 1.807) is 7.11 Å². The van der Waals surface area contributed by atoms with Crippen LogP contribution in [0.3, 0.4) is 0 Å². The van der Waals surface area contributed by atoms with Crippen molar-refractivity contribution in [3.05, 3.63) is 29.3 Å². The quantitative estimate of drug-likeness (QED) is 0.848. The third-order valence-electron chi connectivity index (χ3n) is 3.56. The summed E-state index contributed by atoms with van der Waals surface area (Å²) in [5, 5.41) is 3.66. The summed E-state index contributed by atoms with van der Waals surface area (Å²) in [6, 6.07) is 7.84. The molecule has 0 aromatic heterocycles. The highest BCUT2D eigenvalue weighted by Crippen LogP contribution is 2.19. The summed E-state index contributed by atoms with van der Waals surface area (Å²) < 4.78 is 4.96. The van der Waals surface area contributed by atoms with Crippen LogP contribution in [-0.2, 0) is 4.74 Å². The first-order valence-electron chi connectivity index (χ1n) is 7.23. The standard InChI is InChI=1S/C15H22ClN3O2/c1-21-12-2-7-17-15(20)19-10-8-18(9-11-19)14-5-3-13(16)4-6-14/h3-6H,2,7-12H2,1H3,(H,17,20). The van der Waals surface area contributed by atoms with Gasteiger partial charge in [-0.1, -0.05) is 11.6 Å². The van der Waals surface area contributed by atoms with Crippen molar-refractivity contribution in [2.75, 3.05) is 51.3 Å². The zero-order valence-electron chi connectivity index (χ0n) is 12.3. The van der Waals surface area contributed by atoms with E-state index in [1.165, 1.54) is 0 Å². The van der Waals surface area contributed by atoms with Gasteiger partial charge in [0, 0.05) is 57.2 Å². The van der Waals surface area contributed by atoms with E-state index >= 15 is 0 Å². The number of carbonyl (C=O) groups excluding carboxylic acids is 1. The molecule has 6 heteroatoms. The molecule has 21 heavy (non-hydrogen) atoms. The summed E-state index contributed by atoms with van der Waals surface area (Å²) in [5.74, 6) is 0. The number of nitrogens with zero attached hydrogens (tertiary/aromatic N) is 2. The van der Waals surface area contributed by atoms with Gasteiger partial charge in [-0.2, -0.15) is 0 Å². The van der Waals surface area contributed by atoms with E-state index in [0.29, 0.717) is 13.2 Å². The van der Waals surface area contributed by atoms with Gasteiger partial charge in [0.15, 0.2) is 0 Å². The molecule has 0 bridgehead atoms. The van der Waals surface area contributed by atoms with Crippen LogP contribution in [0, 0.1) is 0 Å². The molecule has 1 N–H and O–H groups in total. The first-order chi connectivity index (χ1) is 10.2. The van der Waals surface area contributed by atoms with E-state index in [0.717, 1.165) is 43.3 Å². The van der Waals surface area contributed by atoms with Crippen molar-refractivity contribution in [1.82, 2.24) is 10.2 Å². The molecule has 0 saturated carbocycles. The maximum absolute atomic E-state index is 12.0. The van der Waals surface area contributed by atoms with Crippen LogP contribution in [0.15, 0.2) is 24.3 Å². The largest absolute Gasteiger partial charge is 0.385 e. The molecular formula is C15H22ClN3O2. The first-order valence-corrected chi connectivity index (χ1v) is 7.61. The zero-order valence-corrected chi connectivity index (χ0v) is 13.1. The van der Waals surface area contributed by atoms with E-state index in [1.807, 2.05) is 29.2 Å². The Labute approximate surface area is 130 Å². The summed E-state index contributed by atoms with van der Waals surface area (Å²) in [6.07, 6.45) is 0.840. The Kier molecular flexibility index (Phi) is 6.14. The maximum atomic E-state index is 12.0. The molecule has 1 aliphatic heterocycles. The van der Waals surface area contributed by atoms with E-state index in [4.69, 9.17) is 16.3 Å². The molecule has 1 aromatic rings. The van der Waals surface area contributed by atoms with Crippen molar-refractivity contribution in [3.8, 4) is 0 Å². The molecule has 0 unspecified atom stereocenters. The number of hydrogen-bond donors (Lipinski definition) is 1. The number of nitrogens with one attached hydrogen (secondary N) is 1. The Morgan fingerprint density at radius 3 is 2.52 bits per heavy atom. The van der Waals surface area contributed by atoms with E-state index in [9.17, 15) is 4.79 Å². The molecule has 0 radical (unpaired) electrons. The maximum Gasteiger partial charge on any atom is 0.317 e. The van der Waals surface area contributed by atoms with Gasteiger partial charge in [-0.05, 0) is 30.7 Å². The van der Waals surface area contributed by atoms with Crippen LogP contribution in [0.5, 0.6) is 0 Å². The third-order valence-corrected chi connectivity index (χ3v) is 3.81. The van der Waals surface area contributed by atoms with Crippen LogP contribution in [-0.4, -0.2) is 57.4 Å². The topological polar surface area (TPSA) is 44.8 Å². The van der Waals surface area contributed by atoms with Gasteiger partial charge >= 0.3 is 6.03 Å². The lowest BCUT2D eigenvalue weighted by atomic mass is 10.2. The molecule has 116 valence electrons. The fraction of sp³-hybridized carbons (Fsp3) is 0.533. The predicted octanol–water partition coefficient (Wildman–Crippen LogP) is 2.21. The molecule has 0 aliphatic carbocycles. The van der Waals surface area contributed by atoms with Gasteiger partial charge in [-0.3, -0.25) is 0 Å². The molecule has 0 atom stereocenters. The number of benzene rings is 1. The highest BCUT2D eigenvalue weighted by molar-refractivity contribution is 6.30. The molecule has 0 spiro atoms. The minimum atomic E-state index is 0.0156. The van der Waals surface area contributed by atoms with Gasteiger partial charge in [-0.15, -0.1) is 0 Å². The predicted molar refractivity (Wildman–Crippen MR) is 85.1 cm³/mol. The molecule has 2 amide bonds. The smallest absolute Gasteiger partial charge is 0.317 e. The SMILES string of the molecule is COCCCNC(=O)N1CCN(c2ccc(Cl)cc2)CC1. The van der Waals surface area contributed by atoms with Crippen molar-refractivity contribution < 1.29 is 9.53 Å². The first kappa shape index (κ1) is 15.9. The molecule has 1 fully saturated rings. The van der Waals surface area contributed by atoms with Crippen LogP contribution >= 0.6 is 11.6 Å². The number of rotatable bonds is 5. The van der Waals surface area contributed by atoms with Gasteiger partial charge < -0.3 is 19.9 Å². The second-order valence-corrected chi connectivity index (χ2v) is 5.47. The molecule has 1 saturated heterocycles. The van der Waals surface area contributed by atoms with Crippen LogP contribution in [0.2, 0.25) is 5.02 Å². The van der Waals surface area contributed by atoms with Gasteiger partial charge in [0.2, 0.25) is 0 Å². The van der Waals surface area contributed by atoms with Gasteiger partial charge in [0.25, 0.3) is 0 Å². The van der Waals surface area contributed by atoms with Crippen LogP contribution in [0.25, 0.3) is 0 Å². The van der Waals surface area contributed by atoms with Crippen molar-refractivity contribution in [2.24, 2.45) is 0 Å². The van der Waals surface area contributed by atoms with E-state index in [-0.39, 0.29) is 6.03 Å². The summed E-state index contributed by atoms with van der Waals surface area (Å²) in [7, 11) is 1.66. The summed E-state index contributed by atoms with van der Waals surface area (Å²) in [4.78, 5) is 16.1. The fourth-order valence-corrected chi connectivity index (χ4v) is 2.47. The third kappa shape index (κ3) is 4.79. The Balaban J connectivity index is 1.75. The number of urea groups is 1. The minimum absolute atomic E-state index is 0.0156. The minimum Gasteiger partial charge on any atom is -0.385 e. The van der Waals surface area contributed by atoms with E-state index in [2.05, 4.69) is 10.2 Å². The number of halogens is 1. The monoisotopic (exact) mass is 311 g/mol. The normalized spacial score (nSPS) is 15.1. The Morgan fingerprint density at radius 2 is 1.90 bits per heavy atom. The molecule has 2 rings (SSSR count). The number of piperazine rings is 1. The van der Waals surface area contributed by atoms with Gasteiger partial charge in [-0.25, -0.2) is 4.79 Å². The van der Waals surface area contributed by atoms with Crippen molar-refractivity contribution in [3.63, 3.8) is 0 Å². The van der Waals surface area contributed by atoms with Gasteiger partial charge in [0.1, 0.15) is 0 Å². The van der Waals surface area contributed by atoms with Crippen LogP contribution in [0.4, 0.5) is 10.5 Å². The highest BCUT2D eigenvalue weighted by Gasteiger charge is 2.20. The van der Waals surface area contributed by atoms with Crippen molar-refractivity contribution in [2.45, 2.75) is 6.42 Å². The zero-order chi connectivity index (χ0) is 15.1. The van der Waals surface area contributed by atoms with Crippen molar-refractivity contribution >= 4 is 23.3 Å². The molecule has 1 aliphatic rings. The van der Waals surface area contributed by atoms with Gasteiger partial charge in [0.05, 0.1) is 0 Å². The molecule has 1 heterocycles. The van der Waals surface area contributed by atoms with Crippen LogP contribution in [0.1, 0.15) is 6.42 Å². The molecule has 5 nitrogen and oxygen atoms in total. The number of hydrogen-bond acceptors (Lipinski definition) is 3. The Hall–Kier alpha value is -1.46. The second-order valence-electron chi connectivity index (χ2n) is 5.03. The fourth-order valence-electron chi connectivity index (χ4n) is 2.34. The number of carbonyl (C=O) groups is 1. The number of ether oxygens (including phenoxy) is 1. The second kappa shape index (κ2) is 8.10. The Bertz CT molecular complexity index is 445. The number of anilines is 1. The molecule has 1 aromatic carbocycles. The average Bonchev–Trinajstić information content (AvgIpc) is 2.52. The summed E-state index contributed by atoms with van der Waals surface area (Å²) in [6.45, 7) is 4.48. The van der Waals surface area contributed by atoms with Crippen molar-refractivity contribution in [1.29, 1.82) is 0 Å². The summed E-state index contributed by atoms with van der Waals surface area (Å²) in [5.41, 5.74) is 1.15. The lowest BCUT2D eigenvalue weighted by molar-refractivity contribution is 0.183. The number of methoxy groups -OCH3 is 1. The summed E-state index contributed by atoms with van der Waals surface area (Å²) >= 11 is 5.90. The lowest BCUT2D eigenvalue weighted by Crippen LogP contribution is -2.52. The highest BCUT2D eigenvalue weighted by atomic mass is 35.5. The lowest BCUT2D eigenvalue weighted by Gasteiger charge is -2.36. The van der Waals surface area contributed by atoms with E-state index < -0.39 is 0 Å². The Morgan fingerprint density at radius 1 is 1.24 bits per heavy atom. The van der Waals surface area contributed by atoms with Crippen LogP contribution < -0.4 is 10.2 Å². The average molecular weight is 312 g/mol. The molecular weight excluding hydrogens is 290 g/mol.